The van der Waals surface area contributed by atoms with Crippen LogP contribution in [-0.2, 0) is 10.3 Å². The van der Waals surface area contributed by atoms with E-state index in [2.05, 4.69) is 0 Å². The summed E-state index contributed by atoms with van der Waals surface area (Å²) in [5.41, 5.74) is -0.153. The Bertz CT molecular complexity index is 1010. The van der Waals surface area contributed by atoms with Gasteiger partial charge in [0.1, 0.15) is 54.0 Å². The van der Waals surface area contributed by atoms with Crippen LogP contribution >= 0.6 is 0 Å². The number of hydrogen-bond acceptors (Lipinski definition) is 10. The van der Waals surface area contributed by atoms with E-state index in [9.17, 15) is 25.5 Å². The van der Waals surface area contributed by atoms with Gasteiger partial charge in [-0.25, -0.2) is 0 Å². The van der Waals surface area contributed by atoms with Gasteiger partial charge in [0, 0.05) is 23.3 Å². The molecule has 172 valence electrons. The third-order valence-electron chi connectivity index (χ3n) is 6.15. The lowest BCUT2D eigenvalue weighted by Crippen LogP contribution is -2.60. The first-order valence-corrected chi connectivity index (χ1v) is 10.2. The van der Waals surface area contributed by atoms with E-state index in [1.54, 1.807) is 43.5 Å². The van der Waals surface area contributed by atoms with E-state index in [1.807, 2.05) is 0 Å². The minimum absolute atomic E-state index is 0.0481. The maximum atomic E-state index is 11.3. The molecule has 1 saturated heterocycles. The van der Waals surface area contributed by atoms with E-state index in [1.165, 1.54) is 0 Å². The van der Waals surface area contributed by atoms with E-state index < -0.39 is 49.0 Å². The van der Waals surface area contributed by atoms with Crippen LogP contribution in [0.3, 0.4) is 0 Å². The molecule has 10 heteroatoms. The molecule has 0 unspecified atom stereocenters. The van der Waals surface area contributed by atoms with Crippen LogP contribution in [0.4, 0.5) is 0 Å². The van der Waals surface area contributed by atoms with Crippen molar-refractivity contribution in [1.29, 1.82) is 0 Å². The van der Waals surface area contributed by atoms with E-state index in [-0.39, 0.29) is 12.4 Å². The highest BCUT2D eigenvalue weighted by molar-refractivity contribution is 5.54. The van der Waals surface area contributed by atoms with Crippen molar-refractivity contribution in [2.24, 2.45) is 0 Å². The van der Waals surface area contributed by atoms with Gasteiger partial charge in [-0.05, 0) is 24.3 Å². The van der Waals surface area contributed by atoms with Crippen molar-refractivity contribution in [3.63, 3.8) is 0 Å². The maximum Gasteiger partial charge on any atom is 0.229 e. The zero-order valence-electron chi connectivity index (χ0n) is 17.1. The van der Waals surface area contributed by atoms with E-state index in [0.29, 0.717) is 28.4 Å². The molecule has 0 aromatic heterocycles. The van der Waals surface area contributed by atoms with Crippen LogP contribution in [0.25, 0.3) is 0 Å². The van der Waals surface area contributed by atoms with Gasteiger partial charge in [-0.15, -0.1) is 0 Å². The first kappa shape index (κ1) is 21.3. The lowest BCUT2D eigenvalue weighted by atomic mass is 9.85. The Labute approximate surface area is 183 Å². The number of fused-ring (bicyclic) bond motifs is 5. The molecule has 1 fully saturated rings. The number of rotatable bonds is 4. The first-order valence-electron chi connectivity index (χ1n) is 10.2. The second-order valence-corrected chi connectivity index (χ2v) is 8.09. The average Bonchev–Trinajstić information content (AvgIpc) is 3.11. The topological polar surface area (TPSA) is 147 Å². The van der Waals surface area contributed by atoms with Gasteiger partial charge in [0.15, 0.2) is 11.7 Å². The average molecular weight is 448 g/mol. The highest BCUT2D eigenvalue weighted by atomic mass is 16.7. The Balaban J connectivity index is 1.39. The molecule has 7 atom stereocenters. The van der Waals surface area contributed by atoms with Crippen molar-refractivity contribution in [2.45, 2.75) is 42.4 Å². The normalized spacial score (nSPS) is 35.1. The predicted octanol–water partition coefficient (Wildman–Crippen LogP) is -0.412. The van der Waals surface area contributed by atoms with Gasteiger partial charge in [0.2, 0.25) is 6.29 Å². The fraction of sp³-hybridized carbons (Fsp3) is 0.455. The van der Waals surface area contributed by atoms with Crippen molar-refractivity contribution in [3.05, 3.63) is 47.5 Å². The molecule has 2 aromatic rings. The number of ether oxygens (including phenoxy) is 5. The largest absolute Gasteiger partial charge is 0.497 e. The number of aliphatic hydroxyl groups excluding tert-OH is 4. The van der Waals surface area contributed by atoms with Crippen molar-refractivity contribution in [1.82, 2.24) is 0 Å². The zero-order chi connectivity index (χ0) is 22.6. The summed E-state index contributed by atoms with van der Waals surface area (Å²) in [6.07, 6.45) is -7.64. The summed E-state index contributed by atoms with van der Waals surface area (Å²) in [5, 5.41) is 50.7. The van der Waals surface area contributed by atoms with Crippen molar-refractivity contribution in [3.8, 4) is 23.0 Å². The fourth-order valence-electron chi connectivity index (χ4n) is 4.34. The van der Waals surface area contributed by atoms with Crippen LogP contribution in [0, 0.1) is 0 Å². The van der Waals surface area contributed by atoms with Crippen molar-refractivity contribution in [2.75, 3.05) is 20.3 Å². The smallest absolute Gasteiger partial charge is 0.229 e. The molecule has 5 N–H and O–H groups in total. The van der Waals surface area contributed by atoms with Gasteiger partial charge in [-0.1, -0.05) is 0 Å². The predicted molar refractivity (Wildman–Crippen MR) is 107 cm³/mol. The lowest BCUT2D eigenvalue weighted by Gasteiger charge is -2.39. The van der Waals surface area contributed by atoms with Crippen molar-refractivity contribution < 1.29 is 49.2 Å². The van der Waals surface area contributed by atoms with Gasteiger partial charge in [0.05, 0.1) is 13.7 Å². The Kier molecular flexibility index (Phi) is 5.16. The Morgan fingerprint density at radius 1 is 1.00 bits per heavy atom. The van der Waals surface area contributed by atoms with E-state index >= 15 is 0 Å². The monoisotopic (exact) mass is 448 g/mol. The molecule has 3 aliphatic rings. The second-order valence-electron chi connectivity index (χ2n) is 8.09. The minimum Gasteiger partial charge on any atom is -0.497 e. The molecule has 0 aliphatic carbocycles. The molecule has 0 bridgehead atoms. The zero-order valence-corrected chi connectivity index (χ0v) is 17.1. The van der Waals surface area contributed by atoms with Gasteiger partial charge in [-0.3, -0.25) is 0 Å². The summed E-state index contributed by atoms with van der Waals surface area (Å²) in [6.45, 7) is -0.603. The van der Waals surface area contributed by atoms with Crippen LogP contribution in [0.2, 0.25) is 0 Å². The maximum absolute atomic E-state index is 11.3. The highest BCUT2D eigenvalue weighted by Crippen LogP contribution is 2.54. The van der Waals surface area contributed by atoms with Gasteiger partial charge in [-0.2, -0.15) is 0 Å². The Hall–Kier alpha value is -2.60. The molecule has 0 radical (unpaired) electrons. The molecule has 32 heavy (non-hydrogen) atoms. The quantitative estimate of drug-likeness (QED) is 0.418. The fourth-order valence-corrected chi connectivity index (χ4v) is 4.34. The summed E-state index contributed by atoms with van der Waals surface area (Å²) < 4.78 is 28.1. The summed E-state index contributed by atoms with van der Waals surface area (Å²) in [7, 11) is 1.55. The molecular formula is C22H24O10. The molecular weight excluding hydrogens is 424 g/mol. The summed E-state index contributed by atoms with van der Waals surface area (Å²) in [6, 6.07) is 10.0. The minimum atomic E-state index is -1.54. The van der Waals surface area contributed by atoms with Crippen molar-refractivity contribution >= 4 is 0 Å². The van der Waals surface area contributed by atoms with E-state index in [4.69, 9.17) is 23.7 Å². The van der Waals surface area contributed by atoms with Crippen LogP contribution in [-0.4, -0.2) is 76.6 Å². The SMILES string of the molecule is COc1ccc2c(c1)O[C@H]1c3ccc(O[C@@H]4O[C@H](CO)[C@H](O)[C@H](O)[C@H]4O)cc3OC[C@@]21O. The first-order chi connectivity index (χ1) is 15.4. The Morgan fingerprint density at radius 2 is 1.75 bits per heavy atom. The molecule has 10 nitrogen and oxygen atoms in total. The molecule has 0 saturated carbocycles. The molecule has 0 spiro atoms. The van der Waals surface area contributed by atoms with Gasteiger partial charge >= 0.3 is 0 Å². The molecule has 2 aromatic carbocycles. The summed E-state index contributed by atoms with van der Waals surface area (Å²) >= 11 is 0. The Morgan fingerprint density at radius 3 is 2.50 bits per heavy atom. The van der Waals surface area contributed by atoms with Crippen LogP contribution in [0.1, 0.15) is 17.2 Å². The number of hydrogen-bond donors (Lipinski definition) is 5. The third kappa shape index (κ3) is 3.19. The third-order valence-corrected chi connectivity index (χ3v) is 6.15. The van der Waals surface area contributed by atoms with Gasteiger partial charge < -0.3 is 49.2 Å². The molecule has 3 aliphatic heterocycles. The summed E-state index contributed by atoms with van der Waals surface area (Å²) in [4.78, 5) is 0. The number of benzene rings is 2. The summed E-state index contributed by atoms with van der Waals surface area (Å²) in [5.74, 6) is 1.79. The molecule has 0 amide bonds. The second kappa shape index (κ2) is 7.77. The van der Waals surface area contributed by atoms with Crippen LogP contribution in [0.5, 0.6) is 23.0 Å². The molecule has 3 heterocycles. The van der Waals surface area contributed by atoms with Crippen LogP contribution in [0.15, 0.2) is 36.4 Å². The standard InChI is InChI=1S/C22H24O10/c1-28-10-3-5-13-15(6-10)31-20-12-4-2-11(7-14(12)29-9-22(13,20)27)30-21-19(26)18(25)17(24)16(8-23)32-21/h2-7,16-21,23-27H,8-9H2,1H3/t16-,17+,18+,19-,20+,21-,22-/m1/s1. The number of methoxy groups -OCH3 is 1. The van der Waals surface area contributed by atoms with E-state index in [0.717, 1.165) is 0 Å². The molecule has 5 rings (SSSR count). The van der Waals surface area contributed by atoms with Crippen LogP contribution < -0.4 is 18.9 Å². The highest BCUT2D eigenvalue weighted by Gasteiger charge is 2.53. The number of aliphatic hydroxyl groups is 5. The van der Waals surface area contributed by atoms with Gasteiger partial charge in [0.25, 0.3) is 0 Å². The lowest BCUT2D eigenvalue weighted by molar-refractivity contribution is -0.277.